The third-order valence-corrected chi connectivity index (χ3v) is 4.23. The summed E-state index contributed by atoms with van der Waals surface area (Å²) < 4.78 is 0. The molecule has 3 aromatic rings. The fraction of sp³-hybridized carbons (Fsp3) is 0.182. The van der Waals surface area contributed by atoms with E-state index in [4.69, 9.17) is 0 Å². The van der Waals surface area contributed by atoms with Crippen LogP contribution in [0.15, 0.2) is 72.9 Å². The monoisotopic (exact) mass is 345 g/mol. The van der Waals surface area contributed by atoms with Crippen LogP contribution in [-0.4, -0.2) is 17.4 Å². The molecule has 0 aliphatic carbocycles. The van der Waals surface area contributed by atoms with Crippen LogP contribution in [0.3, 0.4) is 0 Å². The van der Waals surface area contributed by atoms with Crippen molar-refractivity contribution in [2.75, 3.05) is 11.9 Å². The number of rotatable bonds is 7. The standard InChI is InChI=1S/C22H23N3O/c1-2-18-10-6-7-11-20(18)25-21-16-19(13-15-23-21)22(26)24-14-12-17-8-4-3-5-9-17/h3-11,13,15-16H,2,12,14H2,1H3,(H,23,25)(H,24,26). The van der Waals surface area contributed by atoms with Crippen molar-refractivity contribution in [1.82, 2.24) is 10.3 Å². The lowest BCUT2D eigenvalue weighted by molar-refractivity contribution is 0.0954. The van der Waals surface area contributed by atoms with Crippen LogP contribution in [0.25, 0.3) is 0 Å². The van der Waals surface area contributed by atoms with Crippen molar-refractivity contribution < 1.29 is 4.79 Å². The number of benzene rings is 2. The molecule has 1 amide bonds. The first-order valence-corrected chi connectivity index (χ1v) is 8.89. The van der Waals surface area contributed by atoms with Crippen LogP contribution in [-0.2, 0) is 12.8 Å². The van der Waals surface area contributed by atoms with Gasteiger partial charge in [-0.3, -0.25) is 4.79 Å². The molecule has 26 heavy (non-hydrogen) atoms. The van der Waals surface area contributed by atoms with Crippen LogP contribution in [0.4, 0.5) is 11.5 Å². The van der Waals surface area contributed by atoms with Gasteiger partial charge < -0.3 is 10.6 Å². The zero-order valence-electron chi connectivity index (χ0n) is 14.9. The zero-order valence-corrected chi connectivity index (χ0v) is 14.9. The second kappa shape index (κ2) is 8.81. The van der Waals surface area contributed by atoms with Crippen LogP contribution < -0.4 is 10.6 Å². The Morgan fingerprint density at radius 2 is 1.77 bits per heavy atom. The molecule has 0 atom stereocenters. The molecule has 0 bridgehead atoms. The number of aromatic nitrogens is 1. The van der Waals surface area contributed by atoms with Gasteiger partial charge in [-0.1, -0.05) is 55.5 Å². The molecule has 2 aromatic carbocycles. The van der Waals surface area contributed by atoms with Gasteiger partial charge in [-0.05, 0) is 42.2 Å². The second-order valence-electron chi connectivity index (χ2n) is 6.06. The Bertz CT molecular complexity index is 862. The molecule has 1 aromatic heterocycles. The van der Waals surface area contributed by atoms with Gasteiger partial charge in [-0.25, -0.2) is 4.98 Å². The van der Waals surface area contributed by atoms with E-state index >= 15 is 0 Å². The maximum atomic E-state index is 12.4. The number of nitrogens with zero attached hydrogens (tertiary/aromatic N) is 1. The third-order valence-electron chi connectivity index (χ3n) is 4.23. The topological polar surface area (TPSA) is 54.0 Å². The molecule has 0 unspecified atom stereocenters. The number of carbonyl (C=O) groups is 1. The summed E-state index contributed by atoms with van der Waals surface area (Å²) in [5, 5.41) is 6.28. The van der Waals surface area contributed by atoms with Gasteiger partial charge in [0.2, 0.25) is 0 Å². The van der Waals surface area contributed by atoms with Crippen molar-refractivity contribution in [2.45, 2.75) is 19.8 Å². The Balaban J connectivity index is 1.62. The molecule has 4 heteroatoms. The summed E-state index contributed by atoms with van der Waals surface area (Å²) in [6.07, 6.45) is 3.40. The van der Waals surface area contributed by atoms with E-state index < -0.39 is 0 Å². The summed E-state index contributed by atoms with van der Waals surface area (Å²) >= 11 is 0. The highest BCUT2D eigenvalue weighted by molar-refractivity contribution is 5.94. The molecule has 0 spiro atoms. The van der Waals surface area contributed by atoms with E-state index in [0.29, 0.717) is 17.9 Å². The Kier molecular flexibility index (Phi) is 5.99. The number of pyridine rings is 1. The van der Waals surface area contributed by atoms with Crippen molar-refractivity contribution in [2.24, 2.45) is 0 Å². The minimum atomic E-state index is -0.0878. The number of amides is 1. The molecule has 0 aliphatic rings. The van der Waals surface area contributed by atoms with E-state index in [1.807, 2.05) is 36.4 Å². The summed E-state index contributed by atoms with van der Waals surface area (Å²) in [4.78, 5) is 16.7. The molecule has 0 radical (unpaired) electrons. The number of carbonyl (C=O) groups excluding carboxylic acids is 1. The first-order valence-electron chi connectivity index (χ1n) is 8.89. The minimum absolute atomic E-state index is 0.0878. The number of hydrogen-bond acceptors (Lipinski definition) is 3. The van der Waals surface area contributed by atoms with E-state index in [1.54, 1.807) is 18.3 Å². The van der Waals surface area contributed by atoms with E-state index in [9.17, 15) is 4.79 Å². The van der Waals surface area contributed by atoms with Gasteiger partial charge in [0, 0.05) is 24.0 Å². The SMILES string of the molecule is CCc1ccccc1Nc1cc(C(=O)NCCc2ccccc2)ccn1. The Morgan fingerprint density at radius 1 is 1.00 bits per heavy atom. The van der Waals surface area contributed by atoms with Gasteiger partial charge in [-0.15, -0.1) is 0 Å². The van der Waals surface area contributed by atoms with Crippen molar-refractivity contribution >= 4 is 17.4 Å². The number of para-hydroxylation sites is 1. The molecule has 0 aliphatic heterocycles. The van der Waals surface area contributed by atoms with Crippen molar-refractivity contribution in [3.63, 3.8) is 0 Å². The first-order chi connectivity index (χ1) is 12.8. The zero-order chi connectivity index (χ0) is 18.2. The number of hydrogen-bond donors (Lipinski definition) is 2. The van der Waals surface area contributed by atoms with E-state index in [0.717, 1.165) is 18.5 Å². The molecule has 132 valence electrons. The number of aryl methyl sites for hydroxylation is 1. The summed E-state index contributed by atoms with van der Waals surface area (Å²) in [6, 6.07) is 21.8. The predicted octanol–water partition coefficient (Wildman–Crippen LogP) is 4.36. The molecule has 0 fully saturated rings. The van der Waals surface area contributed by atoms with Gasteiger partial charge in [0.05, 0.1) is 0 Å². The predicted molar refractivity (Wildman–Crippen MR) is 106 cm³/mol. The highest BCUT2D eigenvalue weighted by atomic mass is 16.1. The summed E-state index contributed by atoms with van der Waals surface area (Å²) in [6.45, 7) is 2.72. The van der Waals surface area contributed by atoms with Gasteiger partial charge in [0.25, 0.3) is 5.91 Å². The molecule has 2 N–H and O–H groups in total. The van der Waals surface area contributed by atoms with Crippen molar-refractivity contribution in [1.29, 1.82) is 0 Å². The molecule has 1 heterocycles. The average Bonchev–Trinajstić information content (AvgIpc) is 2.69. The number of anilines is 2. The molecular formula is C22H23N3O. The lowest BCUT2D eigenvalue weighted by Crippen LogP contribution is -2.25. The van der Waals surface area contributed by atoms with E-state index in [1.165, 1.54) is 11.1 Å². The van der Waals surface area contributed by atoms with Crippen LogP contribution in [0, 0.1) is 0 Å². The smallest absolute Gasteiger partial charge is 0.251 e. The fourth-order valence-corrected chi connectivity index (χ4v) is 2.80. The number of nitrogens with one attached hydrogen (secondary N) is 2. The Hall–Kier alpha value is -3.14. The van der Waals surface area contributed by atoms with Gasteiger partial charge in [0.1, 0.15) is 5.82 Å². The largest absolute Gasteiger partial charge is 0.352 e. The molecule has 3 rings (SSSR count). The van der Waals surface area contributed by atoms with Gasteiger partial charge in [0.15, 0.2) is 0 Å². The normalized spacial score (nSPS) is 10.3. The van der Waals surface area contributed by atoms with E-state index in [-0.39, 0.29) is 5.91 Å². The van der Waals surface area contributed by atoms with Crippen LogP contribution >= 0.6 is 0 Å². The van der Waals surface area contributed by atoms with Crippen LogP contribution in [0.5, 0.6) is 0 Å². The minimum Gasteiger partial charge on any atom is -0.352 e. The molecule has 4 nitrogen and oxygen atoms in total. The second-order valence-corrected chi connectivity index (χ2v) is 6.06. The van der Waals surface area contributed by atoms with Crippen LogP contribution in [0.2, 0.25) is 0 Å². The third kappa shape index (κ3) is 4.70. The van der Waals surface area contributed by atoms with Crippen molar-refractivity contribution in [3.05, 3.63) is 89.6 Å². The van der Waals surface area contributed by atoms with Gasteiger partial charge in [-0.2, -0.15) is 0 Å². The molecule has 0 saturated heterocycles. The lowest BCUT2D eigenvalue weighted by atomic mass is 10.1. The fourth-order valence-electron chi connectivity index (χ4n) is 2.80. The highest BCUT2D eigenvalue weighted by Crippen LogP contribution is 2.20. The van der Waals surface area contributed by atoms with E-state index in [2.05, 4.69) is 40.7 Å². The summed E-state index contributed by atoms with van der Waals surface area (Å²) in [5.41, 5.74) is 4.04. The summed E-state index contributed by atoms with van der Waals surface area (Å²) in [5.74, 6) is 0.580. The first kappa shape index (κ1) is 17.7. The molecular weight excluding hydrogens is 322 g/mol. The van der Waals surface area contributed by atoms with Crippen LogP contribution in [0.1, 0.15) is 28.4 Å². The van der Waals surface area contributed by atoms with Gasteiger partial charge >= 0.3 is 0 Å². The highest BCUT2D eigenvalue weighted by Gasteiger charge is 2.08. The Morgan fingerprint density at radius 3 is 2.58 bits per heavy atom. The Labute approximate surface area is 154 Å². The molecule has 0 saturated carbocycles. The average molecular weight is 345 g/mol. The maximum Gasteiger partial charge on any atom is 0.251 e. The van der Waals surface area contributed by atoms with Crippen molar-refractivity contribution in [3.8, 4) is 0 Å². The summed E-state index contributed by atoms with van der Waals surface area (Å²) in [7, 11) is 0. The lowest BCUT2D eigenvalue weighted by Gasteiger charge is -2.11. The quantitative estimate of drug-likeness (QED) is 0.669. The maximum absolute atomic E-state index is 12.4.